The molecule has 0 N–H and O–H groups in total. The third kappa shape index (κ3) is 5.81. The molecule has 1 atom stereocenters. The van der Waals surface area contributed by atoms with Gasteiger partial charge in [0.15, 0.2) is 0 Å². The zero-order valence-electron chi connectivity index (χ0n) is 14.9. The molecule has 1 unspecified atom stereocenters. The number of benzene rings is 2. The number of halogens is 4. The Labute approximate surface area is 164 Å². The number of thioether (sulfide) groups is 1. The van der Waals surface area contributed by atoms with Crippen LogP contribution < -0.4 is 4.74 Å². The first-order chi connectivity index (χ1) is 12.6. The number of ether oxygens (including phenoxy) is 2. The van der Waals surface area contributed by atoms with E-state index in [1.807, 2.05) is 6.92 Å². The number of hydrogen-bond acceptors (Lipinski definition) is 4. The van der Waals surface area contributed by atoms with Gasteiger partial charge in [0, 0.05) is 4.90 Å². The highest BCUT2D eigenvalue weighted by Crippen LogP contribution is 2.38. The Balaban J connectivity index is 2.20. The van der Waals surface area contributed by atoms with E-state index >= 15 is 0 Å². The molecule has 146 valence electrons. The fourth-order valence-corrected chi connectivity index (χ4v) is 3.36. The molecule has 8 heteroatoms. The van der Waals surface area contributed by atoms with Crippen molar-refractivity contribution >= 4 is 29.3 Å². The maximum atomic E-state index is 12.7. The predicted octanol–water partition coefficient (Wildman–Crippen LogP) is 6.50. The zero-order valence-corrected chi connectivity index (χ0v) is 16.5. The van der Waals surface area contributed by atoms with Crippen LogP contribution in [0.2, 0.25) is 5.02 Å². The van der Waals surface area contributed by atoms with Crippen LogP contribution >= 0.6 is 23.4 Å². The summed E-state index contributed by atoms with van der Waals surface area (Å²) in [6, 6.07) is 8.11. The first-order valence-corrected chi connectivity index (χ1v) is 9.36. The monoisotopic (exact) mass is 418 g/mol. The van der Waals surface area contributed by atoms with Crippen LogP contribution in [0.25, 0.3) is 0 Å². The number of hydrogen-bond donors (Lipinski definition) is 0. The van der Waals surface area contributed by atoms with E-state index in [2.05, 4.69) is 0 Å². The van der Waals surface area contributed by atoms with Gasteiger partial charge in [-0.15, -0.1) is 11.8 Å². The summed E-state index contributed by atoms with van der Waals surface area (Å²) in [5.74, 6) is 0.197. The van der Waals surface area contributed by atoms with Crippen molar-refractivity contribution < 1.29 is 27.4 Å². The molecule has 2 aromatic rings. The van der Waals surface area contributed by atoms with Crippen molar-refractivity contribution in [3.05, 3.63) is 52.5 Å². The molecular weight excluding hydrogens is 401 g/mol. The van der Waals surface area contributed by atoms with Crippen LogP contribution in [0.1, 0.15) is 25.0 Å². The topological polar surface area (TPSA) is 35.5 Å². The smallest absolute Gasteiger partial charge is 0.416 e. The Hall–Kier alpha value is -1.86. The van der Waals surface area contributed by atoms with Gasteiger partial charge in [-0.05, 0) is 56.7 Å². The van der Waals surface area contributed by atoms with Crippen molar-refractivity contribution in [3.8, 4) is 11.5 Å². The fraction of sp³-hybridized carbons (Fsp3) is 0.316. The molecule has 0 aliphatic rings. The molecule has 2 rings (SSSR count). The van der Waals surface area contributed by atoms with Gasteiger partial charge in [0.1, 0.15) is 16.7 Å². The van der Waals surface area contributed by atoms with Crippen LogP contribution in [0.3, 0.4) is 0 Å². The van der Waals surface area contributed by atoms with E-state index in [9.17, 15) is 18.0 Å². The van der Waals surface area contributed by atoms with Crippen molar-refractivity contribution in [1.29, 1.82) is 0 Å². The summed E-state index contributed by atoms with van der Waals surface area (Å²) < 4.78 is 48.8. The molecule has 0 amide bonds. The molecule has 0 spiro atoms. The second-order valence-electron chi connectivity index (χ2n) is 5.68. The molecular formula is C19H18ClF3O3S. The average Bonchev–Trinajstić information content (AvgIpc) is 2.58. The Morgan fingerprint density at radius 3 is 2.52 bits per heavy atom. The van der Waals surface area contributed by atoms with E-state index in [4.69, 9.17) is 21.1 Å². The molecule has 0 saturated heterocycles. The molecule has 0 aliphatic heterocycles. The van der Waals surface area contributed by atoms with Crippen LogP contribution in [0.5, 0.6) is 11.5 Å². The van der Waals surface area contributed by atoms with Crippen LogP contribution in [-0.4, -0.2) is 17.8 Å². The Morgan fingerprint density at radius 2 is 1.93 bits per heavy atom. The van der Waals surface area contributed by atoms with Crippen molar-refractivity contribution in [2.24, 2.45) is 0 Å². The second kappa shape index (κ2) is 8.89. The standard InChI is InChI=1S/C19H18ClF3O3S/c1-4-25-18(24)12(3)27-17-10-14(7-5-11(17)2)26-16-8-6-13(9-15(16)20)19(21,22)23/h5-10,12H,4H2,1-3H3. The van der Waals surface area contributed by atoms with Gasteiger partial charge in [-0.25, -0.2) is 0 Å². The van der Waals surface area contributed by atoms with Crippen molar-refractivity contribution in [1.82, 2.24) is 0 Å². The highest BCUT2D eigenvalue weighted by Gasteiger charge is 2.31. The first kappa shape index (κ1) is 21.4. The summed E-state index contributed by atoms with van der Waals surface area (Å²) in [4.78, 5) is 12.6. The highest BCUT2D eigenvalue weighted by molar-refractivity contribution is 8.00. The molecule has 0 bridgehead atoms. The third-order valence-electron chi connectivity index (χ3n) is 3.57. The normalized spacial score (nSPS) is 12.6. The summed E-state index contributed by atoms with van der Waals surface area (Å²) in [7, 11) is 0. The molecule has 0 aliphatic carbocycles. The van der Waals surface area contributed by atoms with Gasteiger partial charge in [0.05, 0.1) is 17.2 Å². The van der Waals surface area contributed by atoms with Gasteiger partial charge in [-0.3, -0.25) is 4.79 Å². The molecule has 27 heavy (non-hydrogen) atoms. The first-order valence-electron chi connectivity index (χ1n) is 8.10. The fourth-order valence-electron chi connectivity index (χ4n) is 2.16. The summed E-state index contributed by atoms with van der Waals surface area (Å²) in [6.07, 6.45) is -4.47. The molecule has 0 heterocycles. The third-order valence-corrected chi connectivity index (χ3v) is 5.10. The van der Waals surface area contributed by atoms with E-state index in [0.717, 1.165) is 22.6 Å². The van der Waals surface area contributed by atoms with Gasteiger partial charge >= 0.3 is 12.1 Å². The Morgan fingerprint density at radius 1 is 1.22 bits per heavy atom. The van der Waals surface area contributed by atoms with Crippen LogP contribution in [0.15, 0.2) is 41.3 Å². The summed E-state index contributed by atoms with van der Waals surface area (Å²) in [5.41, 5.74) is 0.0882. The van der Waals surface area contributed by atoms with Gasteiger partial charge in [0.25, 0.3) is 0 Å². The summed E-state index contributed by atoms with van der Waals surface area (Å²) >= 11 is 7.24. The largest absolute Gasteiger partial charge is 0.465 e. The number of alkyl halides is 3. The van der Waals surface area contributed by atoms with E-state index in [-0.39, 0.29) is 16.7 Å². The number of carbonyl (C=O) groups is 1. The number of carbonyl (C=O) groups excluding carboxylic acids is 1. The minimum atomic E-state index is -4.47. The van der Waals surface area contributed by atoms with E-state index in [0.29, 0.717) is 12.4 Å². The minimum Gasteiger partial charge on any atom is -0.465 e. The van der Waals surface area contributed by atoms with Gasteiger partial charge < -0.3 is 9.47 Å². The predicted molar refractivity (Wildman–Crippen MR) is 99.7 cm³/mol. The number of esters is 1. The van der Waals surface area contributed by atoms with E-state index in [1.54, 1.807) is 32.0 Å². The maximum absolute atomic E-state index is 12.7. The molecule has 3 nitrogen and oxygen atoms in total. The van der Waals surface area contributed by atoms with Gasteiger partial charge in [0.2, 0.25) is 0 Å². The number of rotatable bonds is 6. The van der Waals surface area contributed by atoms with E-state index < -0.39 is 17.0 Å². The van der Waals surface area contributed by atoms with Gasteiger partial charge in [-0.2, -0.15) is 13.2 Å². The van der Waals surface area contributed by atoms with Crippen LogP contribution in [0.4, 0.5) is 13.2 Å². The molecule has 2 aromatic carbocycles. The lowest BCUT2D eigenvalue weighted by molar-refractivity contribution is -0.142. The van der Waals surface area contributed by atoms with Crippen molar-refractivity contribution in [2.45, 2.75) is 37.1 Å². The Kier molecular flexibility index (Phi) is 7.06. The van der Waals surface area contributed by atoms with Gasteiger partial charge in [-0.1, -0.05) is 17.7 Å². The van der Waals surface area contributed by atoms with Crippen LogP contribution in [-0.2, 0) is 15.7 Å². The van der Waals surface area contributed by atoms with Crippen molar-refractivity contribution in [3.63, 3.8) is 0 Å². The lowest BCUT2D eigenvalue weighted by atomic mass is 10.2. The molecule has 0 saturated carbocycles. The zero-order chi connectivity index (χ0) is 20.2. The summed E-state index contributed by atoms with van der Waals surface area (Å²) in [6.45, 7) is 5.67. The number of aryl methyl sites for hydroxylation is 1. The highest BCUT2D eigenvalue weighted by atomic mass is 35.5. The quantitative estimate of drug-likeness (QED) is 0.396. The molecule has 0 fully saturated rings. The SMILES string of the molecule is CCOC(=O)C(C)Sc1cc(Oc2ccc(C(F)(F)F)cc2Cl)ccc1C. The minimum absolute atomic E-state index is 0.114. The molecule has 0 aromatic heterocycles. The average molecular weight is 419 g/mol. The van der Waals surface area contributed by atoms with Crippen LogP contribution in [0, 0.1) is 6.92 Å². The summed E-state index contributed by atoms with van der Waals surface area (Å²) in [5, 5.41) is -0.548. The Bertz CT molecular complexity index is 824. The molecule has 0 radical (unpaired) electrons. The second-order valence-corrected chi connectivity index (χ2v) is 7.47. The van der Waals surface area contributed by atoms with Crippen molar-refractivity contribution in [2.75, 3.05) is 6.61 Å². The lowest BCUT2D eigenvalue weighted by Gasteiger charge is -2.14. The lowest BCUT2D eigenvalue weighted by Crippen LogP contribution is -2.16. The maximum Gasteiger partial charge on any atom is 0.416 e. The van der Waals surface area contributed by atoms with E-state index in [1.165, 1.54) is 17.8 Å².